The smallest absolute Gasteiger partial charge is 0.261 e. The Balaban J connectivity index is 1.46. The molecule has 0 spiro atoms. The second kappa shape index (κ2) is 8.06. The van der Waals surface area contributed by atoms with E-state index in [1.54, 1.807) is 49.8 Å². The van der Waals surface area contributed by atoms with Gasteiger partial charge in [0.2, 0.25) is 0 Å². The number of fused-ring (bicyclic) bond motifs is 1. The van der Waals surface area contributed by atoms with Gasteiger partial charge in [-0.25, -0.2) is 4.98 Å². The lowest BCUT2D eigenvalue weighted by atomic mass is 10.0. The molecule has 2 aromatic heterocycles. The largest absolute Gasteiger partial charge is 0.486 e. The van der Waals surface area contributed by atoms with E-state index < -0.39 is 0 Å². The Labute approximate surface area is 167 Å². The van der Waals surface area contributed by atoms with Crippen LogP contribution >= 0.6 is 0 Å². The van der Waals surface area contributed by atoms with Gasteiger partial charge in [0.25, 0.3) is 5.56 Å². The van der Waals surface area contributed by atoms with Crippen LogP contribution in [0.1, 0.15) is 21.7 Å². The molecule has 0 saturated heterocycles. The normalized spacial score (nSPS) is 10.8. The summed E-state index contributed by atoms with van der Waals surface area (Å²) >= 11 is 0. The summed E-state index contributed by atoms with van der Waals surface area (Å²) in [4.78, 5) is 33.3. The maximum atomic E-state index is 12.5. The molecule has 0 atom stereocenters. The highest BCUT2D eigenvalue weighted by molar-refractivity contribution is 5.97. The van der Waals surface area contributed by atoms with Crippen LogP contribution in [0.5, 0.6) is 5.75 Å². The fraction of sp³-hybridized carbons (Fsp3) is 0.130. The van der Waals surface area contributed by atoms with Crippen molar-refractivity contribution in [3.8, 4) is 5.75 Å². The zero-order valence-electron chi connectivity index (χ0n) is 15.9. The lowest BCUT2D eigenvalue weighted by Crippen LogP contribution is -2.23. The van der Waals surface area contributed by atoms with E-state index in [-0.39, 0.29) is 17.9 Å². The molecule has 0 aliphatic rings. The molecule has 0 bridgehead atoms. The predicted molar refractivity (Wildman–Crippen MR) is 110 cm³/mol. The van der Waals surface area contributed by atoms with Crippen molar-refractivity contribution in [2.75, 3.05) is 0 Å². The van der Waals surface area contributed by atoms with E-state index in [0.717, 1.165) is 5.56 Å². The van der Waals surface area contributed by atoms with Gasteiger partial charge >= 0.3 is 0 Å². The highest BCUT2D eigenvalue weighted by atomic mass is 16.5. The number of pyridine rings is 1. The van der Waals surface area contributed by atoms with E-state index in [4.69, 9.17) is 4.74 Å². The van der Waals surface area contributed by atoms with Gasteiger partial charge in [-0.2, -0.15) is 0 Å². The Morgan fingerprint density at radius 1 is 1.00 bits per heavy atom. The van der Waals surface area contributed by atoms with Gasteiger partial charge in [0, 0.05) is 31.4 Å². The molecule has 0 fully saturated rings. The minimum atomic E-state index is -0.105. The number of nitrogens with zero attached hydrogens (tertiary/aromatic N) is 3. The summed E-state index contributed by atoms with van der Waals surface area (Å²) < 4.78 is 7.28. The monoisotopic (exact) mass is 385 g/mol. The number of para-hydroxylation sites is 1. The third-order valence-electron chi connectivity index (χ3n) is 4.73. The number of ketones is 1. The molecular formula is C23H19N3O3. The zero-order chi connectivity index (χ0) is 20.2. The van der Waals surface area contributed by atoms with Crippen molar-refractivity contribution < 1.29 is 9.53 Å². The van der Waals surface area contributed by atoms with Gasteiger partial charge < -0.3 is 4.74 Å². The highest BCUT2D eigenvalue weighted by Gasteiger charge is 2.10. The lowest BCUT2D eigenvalue weighted by molar-refractivity contribution is 0.0993. The molecule has 144 valence electrons. The number of carbonyl (C=O) groups is 1. The Kier molecular flexibility index (Phi) is 5.16. The van der Waals surface area contributed by atoms with Gasteiger partial charge in [0.1, 0.15) is 18.2 Å². The maximum absolute atomic E-state index is 12.5. The second-order valence-corrected chi connectivity index (χ2v) is 6.68. The molecule has 0 N–H and O–H groups in total. The minimum Gasteiger partial charge on any atom is -0.486 e. The van der Waals surface area contributed by atoms with Crippen molar-refractivity contribution in [3.05, 3.63) is 100 Å². The van der Waals surface area contributed by atoms with Gasteiger partial charge in [-0.1, -0.05) is 12.1 Å². The fourth-order valence-corrected chi connectivity index (χ4v) is 3.07. The molecule has 29 heavy (non-hydrogen) atoms. The first-order valence-electron chi connectivity index (χ1n) is 9.21. The molecule has 6 heteroatoms. The minimum absolute atomic E-state index is 0.0290. The van der Waals surface area contributed by atoms with Crippen LogP contribution in [0, 0.1) is 0 Å². The average molecular weight is 385 g/mol. The number of rotatable bonds is 6. The first-order chi connectivity index (χ1) is 14.1. The van der Waals surface area contributed by atoms with Gasteiger partial charge in [-0.3, -0.25) is 19.1 Å². The van der Waals surface area contributed by atoms with Crippen LogP contribution in [0.25, 0.3) is 10.9 Å². The summed E-state index contributed by atoms with van der Waals surface area (Å²) in [5, 5.41) is 0.579. The van der Waals surface area contributed by atoms with Crippen LogP contribution in [-0.2, 0) is 20.1 Å². The van der Waals surface area contributed by atoms with Crippen LogP contribution in [0.15, 0.2) is 77.9 Å². The van der Waals surface area contributed by atoms with E-state index in [2.05, 4.69) is 9.97 Å². The van der Waals surface area contributed by atoms with E-state index in [1.165, 1.54) is 4.57 Å². The summed E-state index contributed by atoms with van der Waals surface area (Å²) in [5.74, 6) is 1.17. The fourth-order valence-electron chi connectivity index (χ4n) is 3.07. The van der Waals surface area contributed by atoms with E-state index in [9.17, 15) is 9.59 Å². The van der Waals surface area contributed by atoms with Crippen molar-refractivity contribution in [3.63, 3.8) is 0 Å². The summed E-state index contributed by atoms with van der Waals surface area (Å²) in [6.45, 7) is 0.154. The standard InChI is InChI=1S/C23H19N3O3/c1-26-22(25-20-5-3-2-4-19(20)23(26)28)15-29-18-8-6-17(7-9-18)21(27)14-16-10-12-24-13-11-16/h2-13H,14-15H2,1H3. The van der Waals surface area contributed by atoms with Crippen LogP contribution < -0.4 is 10.3 Å². The summed E-state index contributed by atoms with van der Waals surface area (Å²) in [6.07, 6.45) is 3.67. The molecule has 0 saturated carbocycles. The van der Waals surface area contributed by atoms with Crippen LogP contribution in [0.3, 0.4) is 0 Å². The molecule has 0 radical (unpaired) electrons. The van der Waals surface area contributed by atoms with E-state index >= 15 is 0 Å². The Bertz CT molecular complexity index is 1220. The van der Waals surface area contributed by atoms with Crippen LogP contribution in [-0.4, -0.2) is 20.3 Å². The first-order valence-corrected chi connectivity index (χ1v) is 9.21. The lowest BCUT2D eigenvalue weighted by Gasteiger charge is -2.11. The third-order valence-corrected chi connectivity index (χ3v) is 4.73. The number of ether oxygens (including phenoxy) is 1. The molecule has 0 aliphatic carbocycles. The SMILES string of the molecule is Cn1c(COc2ccc(C(=O)Cc3ccncc3)cc2)nc2ccccc2c1=O. The molecule has 2 heterocycles. The van der Waals surface area contributed by atoms with Gasteiger partial charge in [-0.05, 0) is 54.1 Å². The van der Waals surface area contributed by atoms with E-state index in [0.29, 0.717) is 34.5 Å². The average Bonchev–Trinajstić information content (AvgIpc) is 2.76. The molecular weight excluding hydrogens is 366 g/mol. The van der Waals surface area contributed by atoms with Crippen molar-refractivity contribution in [2.45, 2.75) is 13.0 Å². The maximum Gasteiger partial charge on any atom is 0.261 e. The molecule has 0 amide bonds. The number of hydrogen-bond acceptors (Lipinski definition) is 5. The number of carbonyl (C=O) groups excluding carboxylic acids is 1. The Hall–Kier alpha value is -3.80. The summed E-state index contributed by atoms with van der Waals surface area (Å²) in [5.41, 5.74) is 2.08. The number of aromatic nitrogens is 3. The number of hydrogen-bond donors (Lipinski definition) is 0. The zero-order valence-corrected chi connectivity index (χ0v) is 15.9. The van der Waals surface area contributed by atoms with Gasteiger partial charge in [-0.15, -0.1) is 0 Å². The Morgan fingerprint density at radius 2 is 1.72 bits per heavy atom. The van der Waals surface area contributed by atoms with Crippen molar-refractivity contribution in [1.82, 2.24) is 14.5 Å². The van der Waals surface area contributed by atoms with Gasteiger partial charge in [0.15, 0.2) is 5.78 Å². The van der Waals surface area contributed by atoms with Crippen LogP contribution in [0.4, 0.5) is 0 Å². The molecule has 0 aliphatic heterocycles. The summed E-state index contributed by atoms with van der Waals surface area (Å²) in [6, 6.07) is 17.9. The molecule has 4 aromatic rings. The third kappa shape index (κ3) is 4.06. The predicted octanol–water partition coefficient (Wildman–Crippen LogP) is 3.33. The Morgan fingerprint density at radius 3 is 2.48 bits per heavy atom. The first kappa shape index (κ1) is 18.6. The van der Waals surface area contributed by atoms with Crippen molar-refractivity contribution in [2.24, 2.45) is 7.05 Å². The highest BCUT2D eigenvalue weighted by Crippen LogP contribution is 2.16. The number of Topliss-reactive ketones (excluding diaryl/α,β-unsaturated/α-hetero) is 1. The van der Waals surface area contributed by atoms with Crippen molar-refractivity contribution >= 4 is 16.7 Å². The number of benzene rings is 2. The van der Waals surface area contributed by atoms with Crippen molar-refractivity contribution in [1.29, 1.82) is 0 Å². The summed E-state index contributed by atoms with van der Waals surface area (Å²) in [7, 11) is 1.68. The molecule has 4 rings (SSSR count). The second-order valence-electron chi connectivity index (χ2n) is 6.68. The topological polar surface area (TPSA) is 74.1 Å². The van der Waals surface area contributed by atoms with E-state index in [1.807, 2.05) is 30.3 Å². The van der Waals surface area contributed by atoms with Gasteiger partial charge in [0.05, 0.1) is 10.9 Å². The van der Waals surface area contributed by atoms with Crippen LogP contribution in [0.2, 0.25) is 0 Å². The molecule has 6 nitrogen and oxygen atoms in total. The molecule has 2 aromatic carbocycles. The quantitative estimate of drug-likeness (QED) is 0.476. The molecule has 0 unspecified atom stereocenters.